The summed E-state index contributed by atoms with van der Waals surface area (Å²) >= 11 is 1.36. The minimum absolute atomic E-state index is 0.0280. The van der Waals surface area contributed by atoms with Gasteiger partial charge in [-0.3, -0.25) is 14.4 Å². The van der Waals surface area contributed by atoms with Crippen LogP contribution in [0.25, 0.3) is 6.08 Å². The highest BCUT2D eigenvalue weighted by Crippen LogP contribution is 2.25. The van der Waals surface area contributed by atoms with Gasteiger partial charge in [0, 0.05) is 22.2 Å². The van der Waals surface area contributed by atoms with Crippen LogP contribution < -0.4 is 20.7 Å². The predicted octanol–water partition coefficient (Wildman–Crippen LogP) is 5.43. The van der Waals surface area contributed by atoms with Crippen molar-refractivity contribution in [3.05, 3.63) is 114 Å². The van der Waals surface area contributed by atoms with Gasteiger partial charge in [0.05, 0.1) is 24.8 Å². The van der Waals surface area contributed by atoms with Crippen molar-refractivity contribution in [2.75, 3.05) is 23.5 Å². The lowest BCUT2D eigenvalue weighted by Gasteiger charge is -2.11. The SMILES string of the molecule is COc1ccccc1NC(=O)CSc1ccc(NC(=O)/C(=C/c2ccco2)NC(=O)c2ccccc2)cc1. The monoisotopic (exact) mass is 527 g/mol. The Kier molecular flexibility index (Phi) is 8.98. The lowest BCUT2D eigenvalue weighted by atomic mass is 10.2. The van der Waals surface area contributed by atoms with Crippen LogP contribution in [0.15, 0.2) is 112 Å². The predicted molar refractivity (Wildman–Crippen MR) is 148 cm³/mol. The molecule has 0 saturated carbocycles. The first-order chi connectivity index (χ1) is 18.5. The van der Waals surface area contributed by atoms with Crippen LogP contribution in [-0.2, 0) is 9.59 Å². The highest BCUT2D eigenvalue weighted by Gasteiger charge is 2.16. The number of amides is 3. The molecule has 1 heterocycles. The molecular formula is C29H25N3O5S. The second kappa shape index (κ2) is 13.0. The molecule has 0 aliphatic carbocycles. The molecule has 1 aromatic heterocycles. The number of furan rings is 1. The molecule has 192 valence electrons. The topological polar surface area (TPSA) is 110 Å². The average molecular weight is 528 g/mol. The van der Waals surface area contributed by atoms with Crippen LogP contribution in [0, 0.1) is 0 Å². The normalized spacial score (nSPS) is 10.9. The molecular weight excluding hydrogens is 502 g/mol. The maximum Gasteiger partial charge on any atom is 0.272 e. The van der Waals surface area contributed by atoms with Gasteiger partial charge in [0.2, 0.25) is 5.91 Å². The molecule has 0 saturated heterocycles. The molecule has 38 heavy (non-hydrogen) atoms. The Morgan fingerprint density at radius 1 is 0.868 bits per heavy atom. The third kappa shape index (κ3) is 7.37. The van der Waals surface area contributed by atoms with Crippen LogP contribution in [0.5, 0.6) is 5.75 Å². The molecule has 4 aromatic rings. The molecule has 9 heteroatoms. The van der Waals surface area contributed by atoms with E-state index in [1.165, 1.54) is 24.1 Å². The fraction of sp³-hybridized carbons (Fsp3) is 0.0690. The van der Waals surface area contributed by atoms with E-state index in [-0.39, 0.29) is 17.4 Å². The molecule has 0 fully saturated rings. The number of para-hydroxylation sites is 2. The maximum atomic E-state index is 13.0. The Morgan fingerprint density at radius 2 is 1.61 bits per heavy atom. The molecule has 0 aliphatic heterocycles. The molecule has 0 aliphatic rings. The third-order valence-electron chi connectivity index (χ3n) is 5.22. The van der Waals surface area contributed by atoms with Crippen LogP contribution in [0.1, 0.15) is 16.1 Å². The molecule has 0 bridgehead atoms. The molecule has 3 N–H and O–H groups in total. The summed E-state index contributed by atoms with van der Waals surface area (Å²) in [5.74, 6) is 0.108. The summed E-state index contributed by atoms with van der Waals surface area (Å²) in [6.45, 7) is 0. The standard InChI is InChI=1S/C29H25N3O5S/c1-36-26-12-6-5-11-24(26)31-27(33)19-38-23-15-13-21(14-16-23)30-29(35)25(18-22-10-7-17-37-22)32-28(34)20-8-3-2-4-9-20/h2-18H,19H2,1H3,(H,30,35)(H,31,33)(H,32,34)/b25-18-. The Morgan fingerprint density at radius 3 is 2.32 bits per heavy atom. The summed E-state index contributed by atoms with van der Waals surface area (Å²) in [5.41, 5.74) is 1.58. The molecule has 3 aromatic carbocycles. The van der Waals surface area contributed by atoms with Crippen LogP contribution in [0.3, 0.4) is 0 Å². The lowest BCUT2D eigenvalue weighted by Crippen LogP contribution is -2.30. The van der Waals surface area contributed by atoms with Crippen molar-refractivity contribution in [3.8, 4) is 5.75 Å². The third-order valence-corrected chi connectivity index (χ3v) is 6.23. The number of benzene rings is 3. The fourth-order valence-electron chi connectivity index (χ4n) is 3.37. The summed E-state index contributed by atoms with van der Waals surface area (Å²) in [4.78, 5) is 38.9. The van der Waals surface area contributed by atoms with Gasteiger partial charge < -0.3 is 25.1 Å². The van der Waals surface area contributed by atoms with E-state index in [1.807, 2.05) is 12.1 Å². The van der Waals surface area contributed by atoms with Crippen LogP contribution in [-0.4, -0.2) is 30.6 Å². The van der Waals surface area contributed by atoms with Crippen LogP contribution in [0.2, 0.25) is 0 Å². The summed E-state index contributed by atoms with van der Waals surface area (Å²) in [5, 5.41) is 8.28. The van der Waals surface area contributed by atoms with Crippen molar-refractivity contribution in [2.24, 2.45) is 0 Å². The van der Waals surface area contributed by atoms with E-state index >= 15 is 0 Å². The van der Waals surface area contributed by atoms with Gasteiger partial charge in [-0.05, 0) is 60.7 Å². The van der Waals surface area contributed by atoms with Gasteiger partial charge in [-0.25, -0.2) is 0 Å². The second-order valence-corrected chi connectivity index (χ2v) is 8.96. The summed E-state index contributed by atoms with van der Waals surface area (Å²) < 4.78 is 10.6. The smallest absolute Gasteiger partial charge is 0.272 e. The number of hydrogen-bond acceptors (Lipinski definition) is 6. The average Bonchev–Trinajstić information content (AvgIpc) is 3.46. The maximum absolute atomic E-state index is 13.0. The zero-order valence-corrected chi connectivity index (χ0v) is 21.3. The van der Waals surface area contributed by atoms with Gasteiger partial charge in [-0.1, -0.05) is 30.3 Å². The first kappa shape index (κ1) is 26.3. The molecule has 4 rings (SSSR count). The zero-order chi connectivity index (χ0) is 26.7. The van der Waals surface area contributed by atoms with Crippen LogP contribution >= 0.6 is 11.8 Å². The van der Waals surface area contributed by atoms with E-state index in [9.17, 15) is 14.4 Å². The Balaban J connectivity index is 1.36. The van der Waals surface area contributed by atoms with E-state index in [0.29, 0.717) is 28.4 Å². The number of thioether (sulfide) groups is 1. The number of rotatable bonds is 10. The lowest BCUT2D eigenvalue weighted by molar-refractivity contribution is -0.114. The molecule has 0 atom stereocenters. The minimum Gasteiger partial charge on any atom is -0.495 e. The highest BCUT2D eigenvalue weighted by atomic mass is 32.2. The van der Waals surface area contributed by atoms with E-state index in [1.54, 1.807) is 86.0 Å². The quantitative estimate of drug-likeness (QED) is 0.187. The van der Waals surface area contributed by atoms with E-state index in [4.69, 9.17) is 9.15 Å². The minimum atomic E-state index is -0.512. The van der Waals surface area contributed by atoms with Gasteiger partial charge in [0.1, 0.15) is 17.2 Å². The fourth-order valence-corrected chi connectivity index (χ4v) is 4.07. The number of nitrogens with one attached hydrogen (secondary N) is 3. The molecule has 0 radical (unpaired) electrons. The van der Waals surface area contributed by atoms with E-state index in [2.05, 4.69) is 16.0 Å². The van der Waals surface area contributed by atoms with Crippen molar-refractivity contribution < 1.29 is 23.5 Å². The van der Waals surface area contributed by atoms with Gasteiger partial charge in [0.15, 0.2) is 0 Å². The molecule has 8 nitrogen and oxygen atoms in total. The zero-order valence-electron chi connectivity index (χ0n) is 20.5. The number of anilines is 2. The van der Waals surface area contributed by atoms with Gasteiger partial charge in [-0.2, -0.15) is 0 Å². The second-order valence-electron chi connectivity index (χ2n) is 7.91. The number of carbonyl (C=O) groups excluding carboxylic acids is 3. The molecule has 0 spiro atoms. The number of methoxy groups -OCH3 is 1. The first-order valence-corrected chi connectivity index (χ1v) is 12.6. The van der Waals surface area contributed by atoms with Crippen molar-refractivity contribution in [1.82, 2.24) is 5.32 Å². The number of carbonyl (C=O) groups is 3. The van der Waals surface area contributed by atoms with Gasteiger partial charge in [0.25, 0.3) is 11.8 Å². The molecule has 3 amide bonds. The number of ether oxygens (including phenoxy) is 1. The summed E-state index contributed by atoms with van der Waals surface area (Å²) in [6, 6.07) is 26.2. The Hall–Kier alpha value is -4.76. The number of hydrogen-bond donors (Lipinski definition) is 3. The summed E-state index contributed by atoms with van der Waals surface area (Å²) in [6.07, 6.45) is 2.94. The highest BCUT2D eigenvalue weighted by molar-refractivity contribution is 8.00. The summed E-state index contributed by atoms with van der Waals surface area (Å²) in [7, 11) is 1.55. The largest absolute Gasteiger partial charge is 0.495 e. The van der Waals surface area contributed by atoms with Crippen molar-refractivity contribution >= 4 is 46.9 Å². The van der Waals surface area contributed by atoms with Crippen molar-refractivity contribution in [1.29, 1.82) is 0 Å². The van der Waals surface area contributed by atoms with Gasteiger partial charge in [-0.15, -0.1) is 11.8 Å². The van der Waals surface area contributed by atoms with E-state index in [0.717, 1.165) is 4.90 Å². The Bertz CT molecular complexity index is 1420. The first-order valence-electron chi connectivity index (χ1n) is 11.6. The Labute approximate surface area is 224 Å². The van der Waals surface area contributed by atoms with Crippen molar-refractivity contribution in [2.45, 2.75) is 4.90 Å². The van der Waals surface area contributed by atoms with Gasteiger partial charge >= 0.3 is 0 Å². The van der Waals surface area contributed by atoms with Crippen molar-refractivity contribution in [3.63, 3.8) is 0 Å². The van der Waals surface area contributed by atoms with Crippen LogP contribution in [0.4, 0.5) is 11.4 Å². The molecule has 0 unspecified atom stereocenters. The van der Waals surface area contributed by atoms with E-state index < -0.39 is 11.8 Å².